The molecule has 4 nitrogen and oxygen atoms in total. The van der Waals surface area contributed by atoms with Gasteiger partial charge in [0.15, 0.2) is 0 Å². The minimum atomic E-state index is -0.444. The standard InChI is InChI=1S/C10H10ClNO3/c1-15-10(14)7-2-3-8(11)9(6-7)12-4-5-13/h2-3,5-6,12H,4H2,1H3. The van der Waals surface area contributed by atoms with Crippen LogP contribution in [0.1, 0.15) is 10.4 Å². The fourth-order valence-corrected chi connectivity index (χ4v) is 1.24. The Kier molecular flexibility index (Phi) is 4.12. The van der Waals surface area contributed by atoms with Crippen LogP contribution in [0.5, 0.6) is 0 Å². The molecule has 0 bridgehead atoms. The van der Waals surface area contributed by atoms with Crippen LogP contribution < -0.4 is 5.32 Å². The Bertz CT molecular complexity index is 379. The Morgan fingerprint density at radius 1 is 1.60 bits per heavy atom. The molecule has 5 heteroatoms. The number of nitrogens with one attached hydrogen (secondary N) is 1. The molecule has 0 unspecified atom stereocenters. The molecule has 0 aliphatic carbocycles. The molecule has 0 heterocycles. The third kappa shape index (κ3) is 2.95. The highest BCUT2D eigenvalue weighted by Gasteiger charge is 2.08. The topological polar surface area (TPSA) is 55.4 Å². The predicted octanol–water partition coefficient (Wildman–Crippen LogP) is 1.74. The lowest BCUT2D eigenvalue weighted by Crippen LogP contribution is -2.06. The minimum absolute atomic E-state index is 0.143. The SMILES string of the molecule is COC(=O)c1ccc(Cl)c(NCC=O)c1. The van der Waals surface area contributed by atoms with Crippen molar-refractivity contribution in [3.05, 3.63) is 28.8 Å². The van der Waals surface area contributed by atoms with Crippen LogP contribution in [0.3, 0.4) is 0 Å². The Balaban J connectivity index is 2.94. The van der Waals surface area contributed by atoms with Gasteiger partial charge in [0.1, 0.15) is 6.29 Å². The van der Waals surface area contributed by atoms with Gasteiger partial charge in [0.2, 0.25) is 0 Å². The van der Waals surface area contributed by atoms with Gasteiger partial charge in [-0.25, -0.2) is 4.79 Å². The van der Waals surface area contributed by atoms with E-state index in [0.717, 1.165) is 0 Å². The Labute approximate surface area is 92.2 Å². The number of carbonyl (C=O) groups excluding carboxylic acids is 2. The number of carbonyl (C=O) groups is 2. The van der Waals surface area contributed by atoms with E-state index in [9.17, 15) is 9.59 Å². The van der Waals surface area contributed by atoms with Crippen molar-refractivity contribution in [1.29, 1.82) is 0 Å². The highest BCUT2D eigenvalue weighted by molar-refractivity contribution is 6.33. The second kappa shape index (κ2) is 5.36. The maximum atomic E-state index is 11.2. The second-order valence-corrected chi connectivity index (χ2v) is 3.14. The van der Waals surface area contributed by atoms with Gasteiger partial charge in [0, 0.05) is 0 Å². The lowest BCUT2D eigenvalue weighted by atomic mass is 10.2. The zero-order valence-electron chi connectivity index (χ0n) is 8.12. The van der Waals surface area contributed by atoms with Gasteiger partial charge in [-0.05, 0) is 18.2 Å². The van der Waals surface area contributed by atoms with Crippen LogP contribution in [0.4, 0.5) is 5.69 Å². The fourth-order valence-electron chi connectivity index (χ4n) is 1.06. The molecule has 1 rings (SSSR count). The molecule has 0 radical (unpaired) electrons. The summed E-state index contributed by atoms with van der Waals surface area (Å²) in [7, 11) is 1.30. The van der Waals surface area contributed by atoms with E-state index in [1.807, 2.05) is 0 Å². The van der Waals surface area contributed by atoms with Gasteiger partial charge in [-0.1, -0.05) is 11.6 Å². The van der Waals surface area contributed by atoms with Crippen molar-refractivity contribution in [2.45, 2.75) is 0 Å². The summed E-state index contributed by atoms with van der Waals surface area (Å²) in [6, 6.07) is 4.67. The van der Waals surface area contributed by atoms with Gasteiger partial charge in [0.25, 0.3) is 0 Å². The van der Waals surface area contributed by atoms with Gasteiger partial charge in [-0.2, -0.15) is 0 Å². The summed E-state index contributed by atoms with van der Waals surface area (Å²) in [6.45, 7) is 0.143. The molecule has 0 aliphatic heterocycles. The van der Waals surface area contributed by atoms with Crippen molar-refractivity contribution >= 4 is 29.5 Å². The number of methoxy groups -OCH3 is 1. The van der Waals surface area contributed by atoms with E-state index in [1.54, 1.807) is 12.1 Å². The third-order valence-electron chi connectivity index (χ3n) is 1.76. The number of hydrogen-bond donors (Lipinski definition) is 1. The number of esters is 1. The average molecular weight is 228 g/mol. The van der Waals surface area contributed by atoms with E-state index >= 15 is 0 Å². The number of benzene rings is 1. The first-order valence-corrected chi connectivity index (χ1v) is 4.62. The molecule has 80 valence electrons. The van der Waals surface area contributed by atoms with Gasteiger partial charge >= 0.3 is 5.97 Å². The van der Waals surface area contributed by atoms with Crippen LogP contribution in [-0.4, -0.2) is 25.9 Å². The van der Waals surface area contributed by atoms with Crippen LogP contribution in [0.25, 0.3) is 0 Å². The lowest BCUT2D eigenvalue weighted by molar-refractivity contribution is -0.106. The molecule has 0 fully saturated rings. The number of rotatable bonds is 4. The molecule has 1 aromatic rings. The second-order valence-electron chi connectivity index (χ2n) is 2.73. The molecule has 0 amide bonds. The molecular weight excluding hydrogens is 218 g/mol. The highest BCUT2D eigenvalue weighted by Crippen LogP contribution is 2.22. The number of aldehydes is 1. The minimum Gasteiger partial charge on any atom is -0.465 e. The first kappa shape index (κ1) is 11.5. The highest BCUT2D eigenvalue weighted by atomic mass is 35.5. The van der Waals surface area contributed by atoms with Crippen LogP contribution in [0.15, 0.2) is 18.2 Å². The zero-order chi connectivity index (χ0) is 11.3. The van der Waals surface area contributed by atoms with E-state index in [-0.39, 0.29) is 6.54 Å². The molecule has 1 aromatic carbocycles. The van der Waals surface area contributed by atoms with Crippen LogP contribution >= 0.6 is 11.6 Å². The van der Waals surface area contributed by atoms with Crippen LogP contribution in [-0.2, 0) is 9.53 Å². The molecule has 0 saturated heterocycles. The van der Waals surface area contributed by atoms with E-state index in [2.05, 4.69) is 10.1 Å². The smallest absolute Gasteiger partial charge is 0.337 e. The van der Waals surface area contributed by atoms with Crippen molar-refractivity contribution < 1.29 is 14.3 Å². The number of hydrogen-bond acceptors (Lipinski definition) is 4. The van der Waals surface area contributed by atoms with E-state index < -0.39 is 5.97 Å². The predicted molar refractivity (Wildman–Crippen MR) is 57.3 cm³/mol. The molecular formula is C10H10ClNO3. The molecule has 0 saturated carbocycles. The van der Waals surface area contributed by atoms with Crippen molar-refractivity contribution in [3.63, 3.8) is 0 Å². The number of halogens is 1. The summed E-state index contributed by atoms with van der Waals surface area (Å²) in [4.78, 5) is 21.4. The summed E-state index contributed by atoms with van der Waals surface area (Å²) in [5, 5.41) is 3.22. The molecule has 15 heavy (non-hydrogen) atoms. The molecule has 0 spiro atoms. The molecule has 0 atom stereocenters. The van der Waals surface area contributed by atoms with E-state index in [1.165, 1.54) is 13.2 Å². The van der Waals surface area contributed by atoms with Crippen molar-refractivity contribution in [2.75, 3.05) is 19.0 Å². The molecule has 0 aromatic heterocycles. The lowest BCUT2D eigenvalue weighted by Gasteiger charge is -2.06. The summed E-state index contributed by atoms with van der Waals surface area (Å²) in [6.07, 6.45) is 0.709. The summed E-state index contributed by atoms with van der Waals surface area (Å²) >= 11 is 5.85. The Hall–Kier alpha value is -1.55. The first-order valence-electron chi connectivity index (χ1n) is 4.24. The first-order chi connectivity index (χ1) is 7.19. The Morgan fingerprint density at radius 3 is 2.93 bits per heavy atom. The summed E-state index contributed by atoms with van der Waals surface area (Å²) < 4.78 is 4.56. The number of ether oxygens (including phenoxy) is 1. The van der Waals surface area contributed by atoms with Gasteiger partial charge in [0.05, 0.1) is 29.9 Å². The number of anilines is 1. The normalized spacial score (nSPS) is 9.47. The largest absolute Gasteiger partial charge is 0.465 e. The van der Waals surface area contributed by atoms with Crippen molar-refractivity contribution in [1.82, 2.24) is 0 Å². The van der Waals surface area contributed by atoms with Crippen LogP contribution in [0, 0.1) is 0 Å². The van der Waals surface area contributed by atoms with Gasteiger partial charge in [-0.3, -0.25) is 0 Å². The zero-order valence-corrected chi connectivity index (χ0v) is 8.88. The van der Waals surface area contributed by atoms with Crippen LogP contribution in [0.2, 0.25) is 5.02 Å². The van der Waals surface area contributed by atoms with Crippen molar-refractivity contribution in [2.24, 2.45) is 0 Å². The maximum absolute atomic E-state index is 11.2. The summed E-state index contributed by atoms with van der Waals surface area (Å²) in [5.74, 6) is -0.444. The van der Waals surface area contributed by atoms with Gasteiger partial charge < -0.3 is 14.8 Å². The quantitative estimate of drug-likeness (QED) is 0.629. The average Bonchev–Trinajstić information content (AvgIpc) is 2.27. The Morgan fingerprint density at radius 2 is 2.33 bits per heavy atom. The van der Waals surface area contributed by atoms with Crippen molar-refractivity contribution in [3.8, 4) is 0 Å². The monoisotopic (exact) mass is 227 g/mol. The van der Waals surface area contributed by atoms with E-state index in [4.69, 9.17) is 11.6 Å². The fraction of sp³-hybridized carbons (Fsp3) is 0.200. The molecule has 1 N–H and O–H groups in total. The summed E-state index contributed by atoms with van der Waals surface area (Å²) in [5.41, 5.74) is 0.918. The van der Waals surface area contributed by atoms with Gasteiger partial charge in [-0.15, -0.1) is 0 Å². The maximum Gasteiger partial charge on any atom is 0.337 e. The third-order valence-corrected chi connectivity index (χ3v) is 2.09. The molecule has 0 aliphatic rings. The van der Waals surface area contributed by atoms with E-state index in [0.29, 0.717) is 22.6 Å².